The summed E-state index contributed by atoms with van der Waals surface area (Å²) in [5.74, 6) is 0.626. The van der Waals surface area contributed by atoms with Gasteiger partial charge in [0, 0.05) is 11.6 Å². The molecule has 1 N–H and O–H groups in total. The van der Waals surface area contributed by atoms with Crippen molar-refractivity contribution in [1.29, 1.82) is 0 Å². The van der Waals surface area contributed by atoms with E-state index in [1.807, 2.05) is 18.2 Å². The Balaban J connectivity index is 2.13. The third-order valence-corrected chi connectivity index (χ3v) is 4.17. The Hall–Kier alpha value is -1.95. The van der Waals surface area contributed by atoms with Crippen LogP contribution in [-0.4, -0.2) is 15.9 Å². The molecular formula is C15H16BrN3O2. The van der Waals surface area contributed by atoms with Crippen LogP contribution in [0, 0.1) is 17.0 Å². The van der Waals surface area contributed by atoms with E-state index >= 15 is 0 Å². The number of hydrogen-bond donors (Lipinski definition) is 1. The summed E-state index contributed by atoms with van der Waals surface area (Å²) in [7, 11) is 0. The molecule has 0 radical (unpaired) electrons. The van der Waals surface area contributed by atoms with Crippen LogP contribution < -0.4 is 5.32 Å². The van der Waals surface area contributed by atoms with Gasteiger partial charge in [-0.15, -0.1) is 0 Å². The first-order valence-corrected chi connectivity index (χ1v) is 7.38. The van der Waals surface area contributed by atoms with Crippen molar-refractivity contribution in [1.82, 2.24) is 4.98 Å². The van der Waals surface area contributed by atoms with Gasteiger partial charge in [0.15, 0.2) is 0 Å². The third kappa shape index (κ3) is 3.78. The second kappa shape index (κ2) is 6.67. The van der Waals surface area contributed by atoms with E-state index in [2.05, 4.69) is 45.3 Å². The Morgan fingerprint density at radius 2 is 2.05 bits per heavy atom. The number of pyridine rings is 1. The fourth-order valence-corrected chi connectivity index (χ4v) is 2.53. The van der Waals surface area contributed by atoms with E-state index in [0.29, 0.717) is 15.9 Å². The molecule has 1 aromatic carbocycles. The molecular weight excluding hydrogens is 334 g/mol. The molecule has 5 nitrogen and oxygen atoms in total. The van der Waals surface area contributed by atoms with E-state index in [9.17, 15) is 10.1 Å². The second-order valence-corrected chi connectivity index (χ2v) is 5.72. The zero-order valence-electron chi connectivity index (χ0n) is 11.8. The van der Waals surface area contributed by atoms with Crippen LogP contribution in [0.15, 0.2) is 41.0 Å². The average molecular weight is 350 g/mol. The standard InChI is InChI=1S/C15H16BrN3O2/c1-10(8-12-6-4-3-5-7-12)18-15-14(16)11(2)13(9-17-15)19(20)21/h3-7,9-10H,8H2,1-2H3,(H,17,18). The summed E-state index contributed by atoms with van der Waals surface area (Å²) in [6.07, 6.45) is 2.14. The van der Waals surface area contributed by atoms with Crippen LogP contribution in [0.5, 0.6) is 0 Å². The van der Waals surface area contributed by atoms with Crippen LogP contribution in [0.25, 0.3) is 0 Å². The van der Waals surface area contributed by atoms with Gasteiger partial charge in [-0.1, -0.05) is 30.3 Å². The molecule has 0 spiro atoms. The molecule has 0 aliphatic rings. The number of rotatable bonds is 5. The molecule has 0 saturated heterocycles. The smallest absolute Gasteiger partial charge is 0.291 e. The highest BCUT2D eigenvalue weighted by molar-refractivity contribution is 9.10. The largest absolute Gasteiger partial charge is 0.366 e. The monoisotopic (exact) mass is 349 g/mol. The van der Waals surface area contributed by atoms with Crippen LogP contribution >= 0.6 is 15.9 Å². The zero-order valence-corrected chi connectivity index (χ0v) is 13.4. The van der Waals surface area contributed by atoms with Crippen LogP contribution in [0.1, 0.15) is 18.1 Å². The van der Waals surface area contributed by atoms with E-state index in [1.165, 1.54) is 11.8 Å². The van der Waals surface area contributed by atoms with Crippen LogP contribution in [0.4, 0.5) is 11.5 Å². The molecule has 21 heavy (non-hydrogen) atoms. The zero-order chi connectivity index (χ0) is 15.4. The summed E-state index contributed by atoms with van der Waals surface area (Å²) in [6, 6.07) is 10.3. The average Bonchev–Trinajstić information content (AvgIpc) is 2.44. The number of nitro groups is 1. The van der Waals surface area contributed by atoms with E-state index in [-0.39, 0.29) is 11.7 Å². The third-order valence-electron chi connectivity index (χ3n) is 3.20. The van der Waals surface area contributed by atoms with E-state index in [0.717, 1.165) is 6.42 Å². The minimum atomic E-state index is -0.426. The highest BCUT2D eigenvalue weighted by atomic mass is 79.9. The van der Waals surface area contributed by atoms with E-state index < -0.39 is 4.92 Å². The Labute approximate surface area is 131 Å². The highest BCUT2D eigenvalue weighted by Crippen LogP contribution is 2.30. The molecule has 0 aliphatic heterocycles. The van der Waals surface area contributed by atoms with Gasteiger partial charge in [0.25, 0.3) is 5.69 Å². The number of anilines is 1. The Morgan fingerprint density at radius 1 is 1.38 bits per heavy atom. The van der Waals surface area contributed by atoms with Crippen molar-refractivity contribution in [2.75, 3.05) is 5.32 Å². The predicted molar refractivity (Wildman–Crippen MR) is 86.6 cm³/mol. The van der Waals surface area contributed by atoms with Gasteiger partial charge in [0.2, 0.25) is 0 Å². The molecule has 2 aromatic rings. The van der Waals surface area contributed by atoms with Crippen molar-refractivity contribution < 1.29 is 4.92 Å². The van der Waals surface area contributed by atoms with E-state index in [4.69, 9.17) is 0 Å². The SMILES string of the molecule is Cc1c([N+](=O)[O-])cnc(NC(C)Cc2ccccc2)c1Br. The van der Waals surface area contributed by atoms with Gasteiger partial charge >= 0.3 is 0 Å². The molecule has 0 bridgehead atoms. The first-order valence-electron chi connectivity index (χ1n) is 6.59. The minimum Gasteiger partial charge on any atom is -0.366 e. The number of halogens is 1. The first kappa shape index (κ1) is 15.4. The summed E-state index contributed by atoms with van der Waals surface area (Å²) >= 11 is 3.38. The Morgan fingerprint density at radius 3 is 2.67 bits per heavy atom. The number of aromatic nitrogens is 1. The van der Waals surface area contributed by atoms with Gasteiger partial charge < -0.3 is 5.32 Å². The second-order valence-electron chi connectivity index (χ2n) is 4.92. The van der Waals surface area contributed by atoms with Crippen molar-refractivity contribution in [2.24, 2.45) is 0 Å². The van der Waals surface area contributed by atoms with Crippen LogP contribution in [-0.2, 0) is 6.42 Å². The van der Waals surface area contributed by atoms with E-state index in [1.54, 1.807) is 6.92 Å². The molecule has 0 saturated carbocycles. The van der Waals surface area contributed by atoms with Gasteiger partial charge in [-0.05, 0) is 41.8 Å². The molecule has 6 heteroatoms. The maximum atomic E-state index is 10.9. The van der Waals surface area contributed by atoms with Crippen molar-refractivity contribution >= 4 is 27.4 Å². The minimum absolute atomic E-state index is 0.0168. The van der Waals surface area contributed by atoms with Crippen LogP contribution in [0.3, 0.4) is 0 Å². The molecule has 1 unspecified atom stereocenters. The normalized spacial score (nSPS) is 12.0. The summed E-state index contributed by atoms with van der Waals surface area (Å²) < 4.78 is 0.636. The van der Waals surface area contributed by atoms with Crippen LogP contribution in [0.2, 0.25) is 0 Å². The Bertz CT molecular complexity index is 647. The predicted octanol–water partition coefficient (Wildman–Crippen LogP) is 4.10. The highest BCUT2D eigenvalue weighted by Gasteiger charge is 2.18. The van der Waals surface area contributed by atoms with Crippen molar-refractivity contribution in [3.8, 4) is 0 Å². The topological polar surface area (TPSA) is 68.1 Å². The summed E-state index contributed by atoms with van der Waals surface area (Å²) in [5, 5.41) is 14.2. The number of benzene rings is 1. The number of hydrogen-bond acceptors (Lipinski definition) is 4. The Kier molecular flexibility index (Phi) is 4.90. The lowest BCUT2D eigenvalue weighted by atomic mass is 10.1. The van der Waals surface area contributed by atoms with Gasteiger partial charge in [-0.25, -0.2) is 4.98 Å². The fraction of sp³-hybridized carbons (Fsp3) is 0.267. The molecule has 110 valence electrons. The number of nitrogens with one attached hydrogen (secondary N) is 1. The lowest BCUT2D eigenvalue weighted by molar-refractivity contribution is -0.385. The first-order chi connectivity index (χ1) is 9.99. The summed E-state index contributed by atoms with van der Waals surface area (Å²) in [4.78, 5) is 14.6. The van der Waals surface area contributed by atoms with Gasteiger partial charge in [-0.3, -0.25) is 10.1 Å². The van der Waals surface area contributed by atoms with Crippen molar-refractivity contribution in [3.63, 3.8) is 0 Å². The molecule has 0 fully saturated rings. The quantitative estimate of drug-likeness (QED) is 0.651. The molecule has 1 heterocycles. The molecule has 2 rings (SSSR count). The molecule has 0 aliphatic carbocycles. The van der Waals surface area contributed by atoms with Gasteiger partial charge in [-0.2, -0.15) is 0 Å². The summed E-state index contributed by atoms with van der Waals surface area (Å²) in [5.41, 5.74) is 1.82. The van der Waals surface area contributed by atoms with Gasteiger partial charge in [0.05, 0.1) is 9.40 Å². The lowest BCUT2D eigenvalue weighted by Gasteiger charge is -2.16. The fourth-order valence-electron chi connectivity index (χ4n) is 2.11. The lowest BCUT2D eigenvalue weighted by Crippen LogP contribution is -2.19. The maximum Gasteiger partial charge on any atom is 0.291 e. The summed E-state index contributed by atoms with van der Waals surface area (Å²) in [6.45, 7) is 3.76. The van der Waals surface area contributed by atoms with Crippen molar-refractivity contribution in [3.05, 3.63) is 62.2 Å². The number of nitrogens with zero attached hydrogens (tertiary/aromatic N) is 2. The molecule has 1 atom stereocenters. The molecule has 0 amide bonds. The maximum absolute atomic E-state index is 10.9. The van der Waals surface area contributed by atoms with Crippen molar-refractivity contribution in [2.45, 2.75) is 26.3 Å². The van der Waals surface area contributed by atoms with Gasteiger partial charge in [0.1, 0.15) is 12.0 Å². The molecule has 1 aromatic heterocycles.